The maximum atomic E-state index is 12.8. The Kier molecular flexibility index (Phi) is 8.49. The molecular weight excluding hydrogens is 432 g/mol. The fraction of sp³-hybridized carbons (Fsp3) is 0.292. The molecule has 2 aromatic carbocycles. The molecule has 0 radical (unpaired) electrons. The van der Waals surface area contributed by atoms with Crippen molar-refractivity contribution in [3.63, 3.8) is 0 Å². The fourth-order valence-corrected chi connectivity index (χ4v) is 4.04. The van der Waals surface area contributed by atoms with E-state index in [0.717, 1.165) is 15.5 Å². The molecule has 8 heteroatoms. The number of ether oxygens (including phenoxy) is 3. The first-order valence-electron chi connectivity index (χ1n) is 10.2. The van der Waals surface area contributed by atoms with Crippen molar-refractivity contribution in [2.75, 3.05) is 26.4 Å². The smallest absolute Gasteiger partial charge is 0.338 e. The first-order valence-corrected chi connectivity index (χ1v) is 11.0. The summed E-state index contributed by atoms with van der Waals surface area (Å²) < 4.78 is 17.0. The standard InChI is InChI=1S/C24H24O7S/c1-2-22(26)30-12-6-5-11-29-14-17(25)15-31-24(28)16-9-10-21-19(13-16)23(27)18-7-3-4-8-20(18)32-21/h2-4,7-10,13,17,25H,1,5-6,11-12,14-15H2. The molecule has 0 aliphatic rings. The molecule has 1 N–H and O–H groups in total. The van der Waals surface area contributed by atoms with E-state index in [1.54, 1.807) is 18.2 Å². The minimum Gasteiger partial charge on any atom is -0.463 e. The van der Waals surface area contributed by atoms with E-state index in [0.29, 0.717) is 30.2 Å². The van der Waals surface area contributed by atoms with Crippen molar-refractivity contribution in [3.05, 3.63) is 70.9 Å². The van der Waals surface area contributed by atoms with E-state index < -0.39 is 18.0 Å². The summed E-state index contributed by atoms with van der Waals surface area (Å²) in [5.41, 5.74) is 0.121. The predicted molar refractivity (Wildman–Crippen MR) is 123 cm³/mol. The molecule has 0 amide bonds. The number of hydrogen-bond donors (Lipinski definition) is 1. The third-order valence-corrected chi connectivity index (χ3v) is 5.77. The van der Waals surface area contributed by atoms with Gasteiger partial charge in [-0.1, -0.05) is 18.7 Å². The molecule has 0 fully saturated rings. The highest BCUT2D eigenvalue weighted by Gasteiger charge is 2.14. The molecule has 0 saturated carbocycles. The van der Waals surface area contributed by atoms with Gasteiger partial charge in [-0.05, 0) is 43.2 Å². The van der Waals surface area contributed by atoms with Crippen molar-refractivity contribution in [2.45, 2.75) is 18.9 Å². The number of benzene rings is 2. The molecule has 0 saturated heterocycles. The van der Waals surface area contributed by atoms with Crippen LogP contribution in [0.4, 0.5) is 0 Å². The monoisotopic (exact) mass is 456 g/mol. The zero-order chi connectivity index (χ0) is 22.9. The molecule has 1 atom stereocenters. The Bertz CT molecular complexity index is 1170. The molecule has 1 aromatic heterocycles. The Morgan fingerprint density at radius 2 is 1.75 bits per heavy atom. The first kappa shape index (κ1) is 23.6. The minimum absolute atomic E-state index is 0.00975. The van der Waals surface area contributed by atoms with Crippen molar-refractivity contribution in [1.82, 2.24) is 0 Å². The zero-order valence-corrected chi connectivity index (χ0v) is 18.3. The normalized spacial score (nSPS) is 11.9. The highest BCUT2D eigenvalue weighted by atomic mass is 32.1. The second-order valence-corrected chi connectivity index (χ2v) is 8.13. The number of aliphatic hydroxyl groups excluding tert-OH is 1. The fourth-order valence-electron chi connectivity index (χ4n) is 2.99. The van der Waals surface area contributed by atoms with Crippen LogP contribution >= 0.6 is 11.3 Å². The summed E-state index contributed by atoms with van der Waals surface area (Å²) in [6.45, 7) is 3.75. The van der Waals surface area contributed by atoms with Gasteiger partial charge in [0.25, 0.3) is 0 Å². The lowest BCUT2D eigenvalue weighted by Crippen LogP contribution is -2.24. The third kappa shape index (κ3) is 6.23. The van der Waals surface area contributed by atoms with Crippen LogP contribution < -0.4 is 5.43 Å². The highest BCUT2D eigenvalue weighted by molar-refractivity contribution is 7.24. The van der Waals surface area contributed by atoms with E-state index >= 15 is 0 Å². The SMILES string of the molecule is C=CC(=O)OCCCCOCC(O)COC(=O)c1ccc2sc3ccccc3c(=O)c2c1. The van der Waals surface area contributed by atoms with Gasteiger partial charge in [0.05, 0.1) is 18.8 Å². The van der Waals surface area contributed by atoms with Crippen molar-refractivity contribution >= 4 is 43.4 Å². The quantitative estimate of drug-likeness (QED) is 0.204. The van der Waals surface area contributed by atoms with E-state index in [1.165, 1.54) is 17.4 Å². The van der Waals surface area contributed by atoms with Gasteiger partial charge >= 0.3 is 11.9 Å². The number of rotatable bonds is 11. The third-order valence-electron chi connectivity index (χ3n) is 4.62. The van der Waals surface area contributed by atoms with E-state index in [-0.39, 0.29) is 30.8 Å². The van der Waals surface area contributed by atoms with Crippen molar-refractivity contribution in [1.29, 1.82) is 0 Å². The summed E-state index contributed by atoms with van der Waals surface area (Å²) in [5.74, 6) is -1.08. The second kappa shape index (κ2) is 11.5. The van der Waals surface area contributed by atoms with Crippen LogP contribution in [0.15, 0.2) is 59.9 Å². The number of esters is 2. The molecule has 1 unspecified atom stereocenters. The molecule has 1 heterocycles. The van der Waals surface area contributed by atoms with Gasteiger partial charge in [-0.15, -0.1) is 11.3 Å². The second-order valence-electron chi connectivity index (χ2n) is 7.04. The van der Waals surface area contributed by atoms with Crippen LogP contribution in [-0.2, 0) is 19.0 Å². The average molecular weight is 457 g/mol. The minimum atomic E-state index is -0.973. The Labute approximate surface area is 188 Å². The number of hydrogen-bond acceptors (Lipinski definition) is 8. The van der Waals surface area contributed by atoms with Crippen LogP contribution in [0.2, 0.25) is 0 Å². The molecule has 3 rings (SSSR count). The van der Waals surface area contributed by atoms with Gasteiger partial charge in [-0.3, -0.25) is 4.79 Å². The van der Waals surface area contributed by atoms with Crippen molar-refractivity contribution < 1.29 is 28.9 Å². The summed E-state index contributed by atoms with van der Waals surface area (Å²) in [7, 11) is 0. The number of unbranched alkanes of at least 4 members (excludes halogenated alkanes) is 1. The molecule has 0 spiro atoms. The number of carbonyl (C=O) groups excluding carboxylic acids is 2. The van der Waals surface area contributed by atoms with Crippen molar-refractivity contribution in [3.8, 4) is 0 Å². The Hall–Kier alpha value is -3.07. The Balaban J connectivity index is 1.47. The van der Waals surface area contributed by atoms with Crippen LogP contribution in [0.1, 0.15) is 23.2 Å². The maximum absolute atomic E-state index is 12.8. The molecule has 0 bridgehead atoms. The molecule has 7 nitrogen and oxygen atoms in total. The van der Waals surface area contributed by atoms with Gasteiger partial charge in [-0.2, -0.15) is 0 Å². The Morgan fingerprint density at radius 1 is 1.00 bits per heavy atom. The molecule has 0 aliphatic heterocycles. The van der Waals surface area contributed by atoms with Crippen LogP contribution in [0.3, 0.4) is 0 Å². The molecule has 0 aliphatic carbocycles. The number of fused-ring (bicyclic) bond motifs is 2. The van der Waals surface area contributed by atoms with E-state index in [1.807, 2.05) is 18.2 Å². The van der Waals surface area contributed by atoms with Gasteiger partial charge in [-0.25, -0.2) is 9.59 Å². The largest absolute Gasteiger partial charge is 0.463 e. The molecule has 32 heavy (non-hydrogen) atoms. The van der Waals surface area contributed by atoms with Gasteiger partial charge < -0.3 is 19.3 Å². The van der Waals surface area contributed by atoms with Gasteiger partial charge in [0.2, 0.25) is 0 Å². The lowest BCUT2D eigenvalue weighted by molar-refractivity contribution is -0.137. The van der Waals surface area contributed by atoms with Gasteiger partial charge in [0.1, 0.15) is 12.7 Å². The highest BCUT2D eigenvalue weighted by Crippen LogP contribution is 2.25. The van der Waals surface area contributed by atoms with Crippen LogP contribution in [0.5, 0.6) is 0 Å². The van der Waals surface area contributed by atoms with Crippen LogP contribution in [0, 0.1) is 0 Å². The number of aliphatic hydroxyl groups is 1. The summed E-state index contributed by atoms with van der Waals surface area (Å²) >= 11 is 1.49. The summed E-state index contributed by atoms with van der Waals surface area (Å²) in [6.07, 6.45) is 1.42. The lowest BCUT2D eigenvalue weighted by Gasteiger charge is -2.12. The number of carbonyl (C=O) groups is 2. The molecular formula is C24H24O7S. The average Bonchev–Trinajstić information content (AvgIpc) is 2.81. The first-order chi connectivity index (χ1) is 15.5. The van der Waals surface area contributed by atoms with E-state index in [4.69, 9.17) is 14.2 Å². The summed E-state index contributed by atoms with van der Waals surface area (Å²) in [4.78, 5) is 36.0. The van der Waals surface area contributed by atoms with Crippen LogP contribution in [0.25, 0.3) is 20.2 Å². The predicted octanol–water partition coefficient (Wildman–Crippen LogP) is 3.46. The summed E-state index contributed by atoms with van der Waals surface area (Å²) in [6, 6.07) is 12.2. The molecule has 3 aromatic rings. The topological polar surface area (TPSA) is 99.1 Å². The zero-order valence-electron chi connectivity index (χ0n) is 17.5. The maximum Gasteiger partial charge on any atom is 0.338 e. The van der Waals surface area contributed by atoms with E-state index in [9.17, 15) is 19.5 Å². The summed E-state index contributed by atoms with van der Waals surface area (Å²) in [5, 5.41) is 11.0. The van der Waals surface area contributed by atoms with E-state index in [2.05, 4.69) is 6.58 Å². The van der Waals surface area contributed by atoms with Crippen LogP contribution in [-0.4, -0.2) is 49.6 Å². The van der Waals surface area contributed by atoms with Gasteiger partial charge in [0.15, 0.2) is 5.43 Å². The molecule has 168 valence electrons. The Morgan fingerprint density at radius 3 is 2.56 bits per heavy atom. The van der Waals surface area contributed by atoms with Gasteiger partial charge in [0, 0.05) is 32.9 Å². The lowest BCUT2D eigenvalue weighted by atomic mass is 10.1. The van der Waals surface area contributed by atoms with Crippen molar-refractivity contribution in [2.24, 2.45) is 0 Å².